The molecule has 1 aromatic carbocycles. The maximum atomic E-state index is 10.4. The van der Waals surface area contributed by atoms with Crippen molar-refractivity contribution in [3.63, 3.8) is 0 Å². The number of nitrogens with zero attached hydrogens (tertiary/aromatic N) is 1. The Morgan fingerprint density at radius 2 is 2.07 bits per heavy atom. The van der Waals surface area contributed by atoms with Crippen LogP contribution in [0.2, 0.25) is 0 Å². The van der Waals surface area contributed by atoms with Gasteiger partial charge in [0.25, 0.3) is 0 Å². The van der Waals surface area contributed by atoms with E-state index >= 15 is 0 Å². The maximum absolute atomic E-state index is 10.4. The van der Waals surface area contributed by atoms with E-state index in [-0.39, 0.29) is 0 Å². The van der Waals surface area contributed by atoms with Crippen molar-refractivity contribution in [2.24, 2.45) is 0 Å². The number of carbonyl (C=O) groups is 1. The second-order valence-electron chi connectivity index (χ2n) is 2.95. The van der Waals surface area contributed by atoms with Crippen LogP contribution in [0.25, 0.3) is 0 Å². The Kier molecular flexibility index (Phi) is 2.70. The number of rotatable bonds is 3. The van der Waals surface area contributed by atoms with Gasteiger partial charge in [0.15, 0.2) is 11.3 Å². The third-order valence-corrected chi connectivity index (χ3v) is 2.82. The maximum Gasteiger partial charge on any atom is 0.178 e. The van der Waals surface area contributed by atoms with Crippen molar-refractivity contribution in [3.05, 3.63) is 52.0 Å². The number of benzene rings is 1. The number of aromatic nitrogens is 1. The number of hydrogen-bond acceptors (Lipinski definition) is 3. The highest BCUT2D eigenvalue weighted by molar-refractivity contribution is 7.13. The van der Waals surface area contributed by atoms with Crippen molar-refractivity contribution in [2.45, 2.75) is 6.42 Å². The topological polar surface area (TPSA) is 30.0 Å². The summed E-state index contributed by atoms with van der Waals surface area (Å²) in [5.41, 5.74) is 1.24. The molecule has 2 rings (SSSR count). The third kappa shape index (κ3) is 2.06. The van der Waals surface area contributed by atoms with Crippen LogP contribution in [0.4, 0.5) is 0 Å². The van der Waals surface area contributed by atoms with E-state index in [1.165, 1.54) is 16.9 Å². The van der Waals surface area contributed by atoms with Crippen LogP contribution in [0.1, 0.15) is 20.2 Å². The molecule has 0 unspecified atom stereocenters. The van der Waals surface area contributed by atoms with Gasteiger partial charge in [-0.3, -0.25) is 4.79 Å². The Labute approximate surface area is 86.2 Å². The van der Waals surface area contributed by atoms with Crippen molar-refractivity contribution in [1.82, 2.24) is 4.98 Å². The van der Waals surface area contributed by atoms with E-state index < -0.39 is 0 Å². The van der Waals surface area contributed by atoms with Crippen LogP contribution >= 0.6 is 11.3 Å². The van der Waals surface area contributed by atoms with Crippen molar-refractivity contribution >= 4 is 17.6 Å². The summed E-state index contributed by atoms with van der Waals surface area (Å²) < 4.78 is 0. The molecule has 0 bridgehead atoms. The van der Waals surface area contributed by atoms with Gasteiger partial charge in [-0.1, -0.05) is 30.3 Å². The molecule has 1 aromatic heterocycles. The number of thiazole rings is 1. The molecule has 70 valence electrons. The highest BCUT2D eigenvalue weighted by Gasteiger charge is 2.01. The summed E-state index contributed by atoms with van der Waals surface area (Å²) in [6, 6.07) is 10.2. The largest absolute Gasteiger partial charge is 0.295 e. The first-order valence-electron chi connectivity index (χ1n) is 4.32. The first kappa shape index (κ1) is 9.09. The fourth-order valence-corrected chi connectivity index (χ4v) is 2.02. The molecule has 0 radical (unpaired) electrons. The lowest BCUT2D eigenvalue weighted by molar-refractivity contribution is 0.112. The lowest BCUT2D eigenvalue weighted by Gasteiger charge is -1.95. The smallest absolute Gasteiger partial charge is 0.178 e. The molecular formula is C11H9NOS. The van der Waals surface area contributed by atoms with Gasteiger partial charge in [-0.15, -0.1) is 11.3 Å². The van der Waals surface area contributed by atoms with Gasteiger partial charge < -0.3 is 0 Å². The van der Waals surface area contributed by atoms with Crippen LogP contribution in [0.5, 0.6) is 0 Å². The lowest BCUT2D eigenvalue weighted by atomic mass is 10.1. The molecule has 0 aliphatic rings. The van der Waals surface area contributed by atoms with E-state index in [1.807, 2.05) is 18.2 Å². The summed E-state index contributed by atoms with van der Waals surface area (Å²) in [4.78, 5) is 15.5. The van der Waals surface area contributed by atoms with Crippen LogP contribution in [-0.4, -0.2) is 11.3 Å². The van der Waals surface area contributed by atoms with E-state index in [9.17, 15) is 4.79 Å². The molecule has 0 amide bonds. The van der Waals surface area contributed by atoms with Gasteiger partial charge in [-0.2, -0.15) is 0 Å². The molecule has 0 aliphatic carbocycles. The standard InChI is InChI=1S/C11H9NOS/c13-8-11-12-7-10(14-11)6-9-4-2-1-3-5-9/h1-5,7-8H,6H2. The van der Waals surface area contributed by atoms with Crippen LogP contribution in [0.3, 0.4) is 0 Å². The van der Waals surface area contributed by atoms with E-state index in [0.717, 1.165) is 17.6 Å². The summed E-state index contributed by atoms with van der Waals surface area (Å²) in [7, 11) is 0. The first-order chi connectivity index (χ1) is 6.88. The number of aldehydes is 1. The molecule has 0 spiro atoms. The van der Waals surface area contributed by atoms with Gasteiger partial charge in [-0.05, 0) is 5.56 Å². The van der Waals surface area contributed by atoms with Crippen LogP contribution < -0.4 is 0 Å². The Morgan fingerprint density at radius 3 is 2.71 bits per heavy atom. The summed E-state index contributed by atoms with van der Waals surface area (Å²) in [6.45, 7) is 0. The van der Waals surface area contributed by atoms with E-state index in [4.69, 9.17) is 0 Å². The zero-order valence-electron chi connectivity index (χ0n) is 7.51. The molecule has 0 N–H and O–H groups in total. The van der Waals surface area contributed by atoms with Gasteiger partial charge in [0.1, 0.15) is 0 Å². The molecule has 0 aliphatic heterocycles. The Morgan fingerprint density at radius 1 is 1.29 bits per heavy atom. The summed E-state index contributed by atoms with van der Waals surface area (Å²) in [6.07, 6.45) is 3.41. The lowest BCUT2D eigenvalue weighted by Crippen LogP contribution is -1.82. The Bertz CT molecular complexity index is 422. The van der Waals surface area contributed by atoms with Gasteiger partial charge in [0.05, 0.1) is 0 Å². The molecule has 1 heterocycles. The molecule has 2 aromatic rings. The number of carbonyl (C=O) groups excluding carboxylic acids is 1. The SMILES string of the molecule is O=Cc1ncc(Cc2ccccc2)s1. The fourth-order valence-electron chi connectivity index (χ4n) is 1.26. The minimum absolute atomic E-state index is 0.552. The Balaban J connectivity index is 2.15. The van der Waals surface area contributed by atoms with E-state index in [2.05, 4.69) is 17.1 Å². The summed E-state index contributed by atoms with van der Waals surface area (Å²) in [5.74, 6) is 0. The third-order valence-electron chi connectivity index (χ3n) is 1.89. The molecule has 2 nitrogen and oxygen atoms in total. The van der Waals surface area contributed by atoms with Crippen LogP contribution in [0.15, 0.2) is 36.5 Å². The minimum Gasteiger partial charge on any atom is -0.295 e. The van der Waals surface area contributed by atoms with Gasteiger partial charge >= 0.3 is 0 Å². The van der Waals surface area contributed by atoms with Crippen molar-refractivity contribution in [1.29, 1.82) is 0 Å². The molecule has 0 atom stereocenters. The molecule has 0 saturated heterocycles. The molecule has 3 heteroatoms. The highest BCUT2D eigenvalue weighted by Crippen LogP contribution is 2.15. The van der Waals surface area contributed by atoms with Gasteiger partial charge in [0.2, 0.25) is 0 Å². The number of hydrogen-bond donors (Lipinski definition) is 0. The van der Waals surface area contributed by atoms with Crippen molar-refractivity contribution in [2.75, 3.05) is 0 Å². The second-order valence-corrected chi connectivity index (χ2v) is 4.09. The van der Waals surface area contributed by atoms with Gasteiger partial charge in [0, 0.05) is 17.5 Å². The first-order valence-corrected chi connectivity index (χ1v) is 5.14. The van der Waals surface area contributed by atoms with E-state index in [1.54, 1.807) is 6.20 Å². The quantitative estimate of drug-likeness (QED) is 0.717. The van der Waals surface area contributed by atoms with Crippen LogP contribution in [0, 0.1) is 0 Å². The summed E-state index contributed by atoms with van der Waals surface area (Å²) in [5, 5.41) is 0.552. The molecule has 0 saturated carbocycles. The highest BCUT2D eigenvalue weighted by atomic mass is 32.1. The molecular weight excluding hydrogens is 194 g/mol. The van der Waals surface area contributed by atoms with E-state index in [0.29, 0.717) is 5.01 Å². The predicted octanol–water partition coefficient (Wildman–Crippen LogP) is 2.55. The zero-order chi connectivity index (χ0) is 9.80. The normalized spacial score (nSPS) is 10.0. The molecule has 14 heavy (non-hydrogen) atoms. The summed E-state index contributed by atoms with van der Waals surface area (Å²) >= 11 is 1.45. The average molecular weight is 203 g/mol. The predicted molar refractivity (Wildman–Crippen MR) is 56.7 cm³/mol. The second kappa shape index (κ2) is 4.15. The van der Waals surface area contributed by atoms with Crippen molar-refractivity contribution < 1.29 is 4.79 Å². The fraction of sp³-hybridized carbons (Fsp3) is 0.0909. The monoisotopic (exact) mass is 203 g/mol. The average Bonchev–Trinajstić information content (AvgIpc) is 2.67. The Hall–Kier alpha value is -1.48. The van der Waals surface area contributed by atoms with Gasteiger partial charge in [-0.25, -0.2) is 4.98 Å². The van der Waals surface area contributed by atoms with Crippen LogP contribution in [-0.2, 0) is 6.42 Å². The minimum atomic E-state index is 0.552. The molecule has 0 fully saturated rings. The van der Waals surface area contributed by atoms with Crippen molar-refractivity contribution in [3.8, 4) is 0 Å². The zero-order valence-corrected chi connectivity index (χ0v) is 8.33.